The Morgan fingerprint density at radius 2 is 1.38 bits per heavy atom. The molecule has 1 radical (unpaired) electrons. The summed E-state index contributed by atoms with van der Waals surface area (Å²) >= 11 is 0. The van der Waals surface area contributed by atoms with E-state index in [-0.39, 0.29) is 37.8 Å². The van der Waals surface area contributed by atoms with Gasteiger partial charge >= 0.3 is 0 Å². The van der Waals surface area contributed by atoms with Gasteiger partial charge in [0.05, 0.1) is 30.5 Å². The van der Waals surface area contributed by atoms with Crippen LogP contribution in [-0.4, -0.2) is 22.6 Å². The van der Waals surface area contributed by atoms with Crippen LogP contribution in [0.3, 0.4) is 0 Å². The summed E-state index contributed by atoms with van der Waals surface area (Å²) in [7, 11) is -1.30. The van der Waals surface area contributed by atoms with Crippen molar-refractivity contribution in [3.63, 3.8) is 0 Å². The summed E-state index contributed by atoms with van der Waals surface area (Å²) in [5, 5.41) is 3.42. The standard InChI is InChI=1S/C48H45N2O.C14H15FNSi.Ir/c1-30(2)40-26-36(34-22-20-32(21-23-34)29-48(5,6)7)27-41(31(3)4)45(40)50-43-19-12-11-18-42(43)49-47(50)39-17-13-16-38-37-25-24-35(28-44(37)51-46(38)39)33-14-9-8-10-15-33;1-17(2,3)13-8-9-14(16-10-13)11-4-6-12(15)7-5-11;/h8-16,18-28,30-31H,29H2,1-7H3;4,6-10H,1-3H3;/q2*-1;/i29D2;;. The Bertz CT molecular complexity index is 3450. The molecule has 0 unspecified atom stereocenters. The number of halogens is 1. The number of imidazole rings is 1. The van der Waals surface area contributed by atoms with E-state index in [0.29, 0.717) is 5.56 Å². The van der Waals surface area contributed by atoms with Crippen LogP contribution in [0.5, 0.6) is 0 Å². The van der Waals surface area contributed by atoms with Crippen LogP contribution in [0.4, 0.5) is 4.39 Å². The quantitative estimate of drug-likeness (QED) is 0.107. The van der Waals surface area contributed by atoms with Crippen LogP contribution in [-0.2, 0) is 26.5 Å². The van der Waals surface area contributed by atoms with Gasteiger partial charge in [0.2, 0.25) is 0 Å². The van der Waals surface area contributed by atoms with Crippen LogP contribution >= 0.6 is 0 Å². The van der Waals surface area contributed by atoms with Crippen molar-refractivity contribution in [1.82, 2.24) is 14.5 Å². The van der Waals surface area contributed by atoms with Crippen LogP contribution in [0, 0.1) is 23.4 Å². The minimum Gasteiger partial charge on any atom is -0.501 e. The van der Waals surface area contributed by atoms with Crippen molar-refractivity contribution in [2.45, 2.75) is 86.3 Å². The minimum absolute atomic E-state index is 0. The van der Waals surface area contributed by atoms with Crippen LogP contribution < -0.4 is 5.19 Å². The third-order valence-electron chi connectivity index (χ3n) is 12.4. The maximum Gasteiger partial charge on any atom is 0.121 e. The number of hydrogen-bond donors (Lipinski definition) is 0. The van der Waals surface area contributed by atoms with Gasteiger partial charge in [-0.05, 0) is 104 Å². The summed E-state index contributed by atoms with van der Waals surface area (Å²) < 4.78 is 39.5. The van der Waals surface area contributed by atoms with Gasteiger partial charge in [-0.15, -0.1) is 48.0 Å². The van der Waals surface area contributed by atoms with Crippen LogP contribution in [0.1, 0.15) is 79.7 Å². The molecule has 0 aliphatic carbocycles. The zero-order chi connectivity index (χ0) is 49.7. The van der Waals surface area contributed by atoms with Gasteiger partial charge < -0.3 is 14.0 Å². The molecule has 0 spiro atoms. The largest absolute Gasteiger partial charge is 0.501 e. The van der Waals surface area contributed by atoms with Crippen LogP contribution in [0.2, 0.25) is 19.6 Å². The number of para-hydroxylation sites is 2. The van der Waals surface area contributed by atoms with Gasteiger partial charge in [0.15, 0.2) is 0 Å². The van der Waals surface area contributed by atoms with Crippen molar-refractivity contribution in [2.24, 2.45) is 5.41 Å². The summed E-state index contributed by atoms with van der Waals surface area (Å²) in [5.41, 5.74) is 14.2. The van der Waals surface area contributed by atoms with Gasteiger partial charge in [-0.25, -0.2) is 0 Å². The maximum absolute atomic E-state index is 12.8. The number of rotatable bonds is 9. The summed E-state index contributed by atoms with van der Waals surface area (Å²) in [6, 6.07) is 57.0. The molecule has 69 heavy (non-hydrogen) atoms. The zero-order valence-electron chi connectivity index (χ0n) is 43.1. The van der Waals surface area contributed by atoms with Gasteiger partial charge in [-0.1, -0.05) is 170 Å². The monoisotopic (exact) mass is 1100 g/mol. The molecular formula is C62H60FIrN3OSi-2. The van der Waals surface area contributed by atoms with Crippen molar-refractivity contribution in [3.05, 3.63) is 192 Å². The van der Waals surface area contributed by atoms with Gasteiger partial charge in [-0.3, -0.25) is 9.37 Å². The Labute approximate surface area is 424 Å². The van der Waals surface area contributed by atoms with Crippen molar-refractivity contribution >= 4 is 46.2 Å². The summed E-state index contributed by atoms with van der Waals surface area (Å²) in [6.45, 7) is 21.7. The van der Waals surface area contributed by atoms with E-state index < -0.39 is 19.9 Å². The molecule has 0 aliphatic heterocycles. The molecule has 0 aliphatic rings. The number of aromatic nitrogens is 3. The predicted octanol–water partition coefficient (Wildman–Crippen LogP) is 16.8. The Morgan fingerprint density at radius 1 is 0.710 bits per heavy atom. The number of benzene rings is 7. The second kappa shape index (κ2) is 20.0. The first kappa shape index (κ1) is 46.5. The minimum atomic E-state index is -1.45. The third kappa shape index (κ3) is 10.5. The van der Waals surface area contributed by atoms with Crippen LogP contribution in [0.25, 0.3) is 83.6 Å². The molecule has 0 atom stereocenters. The maximum atomic E-state index is 12.8. The summed E-state index contributed by atoms with van der Waals surface area (Å²) in [4.78, 5) is 9.74. The molecule has 7 heteroatoms. The average molecular weight is 1100 g/mol. The van der Waals surface area contributed by atoms with Gasteiger partial charge in [-0.2, -0.15) is 0 Å². The Morgan fingerprint density at radius 3 is 2.00 bits per heavy atom. The van der Waals surface area contributed by atoms with Crippen molar-refractivity contribution in [2.75, 3.05) is 0 Å². The molecule has 0 fully saturated rings. The molecule has 4 nitrogen and oxygen atoms in total. The van der Waals surface area contributed by atoms with E-state index in [9.17, 15) is 4.39 Å². The van der Waals surface area contributed by atoms with E-state index in [0.717, 1.165) is 83.6 Å². The van der Waals surface area contributed by atoms with Crippen molar-refractivity contribution < 1.29 is 31.7 Å². The predicted molar refractivity (Wildman–Crippen MR) is 286 cm³/mol. The van der Waals surface area contributed by atoms with E-state index >= 15 is 0 Å². The average Bonchev–Trinajstić information content (AvgIpc) is 3.92. The summed E-state index contributed by atoms with van der Waals surface area (Å²) in [5.74, 6) is 0.929. The van der Waals surface area contributed by atoms with Crippen molar-refractivity contribution in [3.8, 4) is 50.6 Å². The van der Waals surface area contributed by atoms with Crippen LogP contribution in [0.15, 0.2) is 162 Å². The van der Waals surface area contributed by atoms with Gasteiger partial charge in [0, 0.05) is 45.9 Å². The number of fused-ring (bicyclic) bond motifs is 4. The molecule has 0 N–H and O–H groups in total. The fraction of sp³-hybridized carbons (Fsp3) is 0.226. The van der Waals surface area contributed by atoms with E-state index in [1.54, 1.807) is 6.07 Å². The molecule has 0 saturated heterocycles. The fourth-order valence-corrected chi connectivity index (χ4v) is 9.90. The number of pyridine rings is 1. The molecule has 3 heterocycles. The SMILES string of the molecule is C[Si](C)(C)c1ccc(-c2[c-]cc(F)cc2)nc1.[2H]C([2H])(c1ccc(-c2cc(C(C)C)c(-n3c(-c4[c-]ccc5c4oc4cc(-c6ccccc6)ccc45)nc4ccccc43)c(C(C)C)c2)cc1)C(C)(C)C.[Ir]. The molecule has 351 valence electrons. The van der Waals surface area contributed by atoms with E-state index in [4.69, 9.17) is 12.1 Å². The Kier molecular flexibility index (Phi) is 13.5. The number of furan rings is 1. The first-order valence-corrected chi connectivity index (χ1v) is 27.1. The molecule has 10 rings (SSSR count). The number of hydrogen-bond acceptors (Lipinski definition) is 3. The van der Waals surface area contributed by atoms with E-state index in [1.165, 1.54) is 28.4 Å². The van der Waals surface area contributed by atoms with Crippen molar-refractivity contribution in [1.29, 1.82) is 0 Å². The normalized spacial score (nSPS) is 12.5. The zero-order valence-corrected chi connectivity index (χ0v) is 44.5. The van der Waals surface area contributed by atoms with Gasteiger partial charge in [0.1, 0.15) is 5.58 Å². The Hall–Kier alpha value is -6.24. The van der Waals surface area contributed by atoms with E-state index in [2.05, 4.69) is 166 Å². The molecule has 0 amide bonds. The second-order valence-electron chi connectivity index (χ2n) is 20.4. The first-order chi connectivity index (χ1) is 33.3. The third-order valence-corrected chi connectivity index (χ3v) is 14.4. The summed E-state index contributed by atoms with van der Waals surface area (Å²) in [6.07, 6.45) is 0.475. The molecular weight excluding hydrogens is 1040 g/mol. The first-order valence-electron chi connectivity index (χ1n) is 24.6. The van der Waals surface area contributed by atoms with Gasteiger partial charge in [0.25, 0.3) is 0 Å². The molecule has 3 aromatic heterocycles. The molecule has 0 bridgehead atoms. The number of nitrogens with zero attached hydrogens (tertiary/aromatic N) is 3. The van der Waals surface area contributed by atoms with E-state index in [1.807, 2.05) is 63.4 Å². The topological polar surface area (TPSA) is 43.9 Å². The molecule has 0 saturated carbocycles. The molecule has 7 aromatic carbocycles. The second-order valence-corrected chi connectivity index (χ2v) is 25.5. The fourth-order valence-electron chi connectivity index (χ4n) is 8.86. The molecule has 10 aromatic rings. The smallest absolute Gasteiger partial charge is 0.121 e. The Balaban J connectivity index is 0.000000318.